The summed E-state index contributed by atoms with van der Waals surface area (Å²) in [6.45, 7) is 5.21. The molecule has 0 saturated carbocycles. The summed E-state index contributed by atoms with van der Waals surface area (Å²) in [4.78, 5) is 28.3. The molecule has 7 heteroatoms. The van der Waals surface area contributed by atoms with Gasteiger partial charge in [0.2, 0.25) is 5.91 Å². The first-order valence-corrected chi connectivity index (χ1v) is 9.33. The minimum Gasteiger partial charge on any atom is -0.444 e. The summed E-state index contributed by atoms with van der Waals surface area (Å²) >= 11 is 0. The fraction of sp³-hybridized carbons (Fsp3) is 0.273. The van der Waals surface area contributed by atoms with Crippen molar-refractivity contribution in [1.82, 2.24) is 10.3 Å². The molecule has 2 amide bonds. The van der Waals surface area contributed by atoms with Gasteiger partial charge in [0.05, 0.1) is 5.69 Å². The number of alkyl carbamates (subject to hydrolysis) is 1. The van der Waals surface area contributed by atoms with Crippen molar-refractivity contribution in [3.63, 3.8) is 0 Å². The van der Waals surface area contributed by atoms with Crippen LogP contribution in [0.5, 0.6) is 0 Å². The molecule has 0 saturated heterocycles. The summed E-state index contributed by atoms with van der Waals surface area (Å²) in [5.74, 6) is -1.09. The molecule has 0 radical (unpaired) electrons. The van der Waals surface area contributed by atoms with Crippen molar-refractivity contribution < 1.29 is 18.7 Å². The van der Waals surface area contributed by atoms with Crippen LogP contribution in [-0.2, 0) is 16.0 Å². The van der Waals surface area contributed by atoms with Crippen molar-refractivity contribution in [2.45, 2.75) is 38.8 Å². The Morgan fingerprint density at radius 3 is 2.52 bits per heavy atom. The van der Waals surface area contributed by atoms with Gasteiger partial charge in [-0.15, -0.1) is 0 Å². The largest absolute Gasteiger partial charge is 0.444 e. The van der Waals surface area contributed by atoms with Gasteiger partial charge in [-0.25, -0.2) is 9.18 Å². The molecule has 0 spiro atoms. The normalized spacial score (nSPS) is 12.4. The van der Waals surface area contributed by atoms with Gasteiger partial charge in [-0.1, -0.05) is 30.3 Å². The van der Waals surface area contributed by atoms with Crippen LogP contribution < -0.4 is 10.6 Å². The van der Waals surface area contributed by atoms with E-state index in [1.54, 1.807) is 33.0 Å². The second-order valence-electron chi connectivity index (χ2n) is 7.73. The Morgan fingerprint density at radius 1 is 1.10 bits per heavy atom. The number of aromatic nitrogens is 1. The molecule has 1 atom stereocenters. The van der Waals surface area contributed by atoms with E-state index < -0.39 is 29.5 Å². The van der Waals surface area contributed by atoms with Crippen LogP contribution >= 0.6 is 0 Å². The summed E-state index contributed by atoms with van der Waals surface area (Å²) in [5, 5.41) is 6.10. The fourth-order valence-electron chi connectivity index (χ4n) is 2.96. The Balaban J connectivity index is 1.83. The molecule has 0 fully saturated rings. The van der Waals surface area contributed by atoms with Crippen LogP contribution in [0.4, 0.5) is 14.9 Å². The number of anilines is 1. The van der Waals surface area contributed by atoms with E-state index in [9.17, 15) is 14.0 Å². The van der Waals surface area contributed by atoms with Gasteiger partial charge in [0.25, 0.3) is 0 Å². The van der Waals surface area contributed by atoms with E-state index in [1.807, 2.05) is 24.3 Å². The number of amides is 2. The van der Waals surface area contributed by atoms with E-state index >= 15 is 0 Å². The lowest BCUT2D eigenvalue weighted by Crippen LogP contribution is -2.47. The SMILES string of the molecule is CC(C)(C)OC(=O)NC(Cc1c[nH]c2ccccc12)C(=O)Nc1ccccc1F. The number of fused-ring (bicyclic) bond motifs is 1. The molecule has 29 heavy (non-hydrogen) atoms. The highest BCUT2D eigenvalue weighted by Crippen LogP contribution is 2.20. The molecule has 0 bridgehead atoms. The van der Waals surface area contributed by atoms with E-state index in [1.165, 1.54) is 18.2 Å². The number of carbonyl (C=O) groups excluding carboxylic acids is 2. The van der Waals surface area contributed by atoms with Crippen molar-refractivity contribution in [2.75, 3.05) is 5.32 Å². The monoisotopic (exact) mass is 397 g/mol. The van der Waals surface area contributed by atoms with Gasteiger partial charge in [0, 0.05) is 23.5 Å². The molecule has 0 aliphatic heterocycles. The summed E-state index contributed by atoms with van der Waals surface area (Å²) in [6.07, 6.45) is 1.29. The van der Waals surface area contributed by atoms with Crippen molar-refractivity contribution >= 4 is 28.6 Å². The molecule has 0 aliphatic rings. The highest BCUT2D eigenvalue weighted by Gasteiger charge is 2.26. The second-order valence-corrected chi connectivity index (χ2v) is 7.73. The third-order valence-electron chi connectivity index (χ3n) is 4.24. The first-order chi connectivity index (χ1) is 13.7. The van der Waals surface area contributed by atoms with E-state index in [0.29, 0.717) is 0 Å². The van der Waals surface area contributed by atoms with Gasteiger partial charge in [-0.3, -0.25) is 4.79 Å². The average Bonchev–Trinajstić information content (AvgIpc) is 3.04. The lowest BCUT2D eigenvalue weighted by molar-refractivity contribution is -0.118. The number of para-hydroxylation sites is 2. The van der Waals surface area contributed by atoms with Crippen molar-refractivity contribution in [2.24, 2.45) is 0 Å². The van der Waals surface area contributed by atoms with Gasteiger partial charge >= 0.3 is 6.09 Å². The Hall–Kier alpha value is -3.35. The molecule has 1 heterocycles. The maximum Gasteiger partial charge on any atom is 0.408 e. The lowest BCUT2D eigenvalue weighted by Gasteiger charge is -2.23. The van der Waals surface area contributed by atoms with Gasteiger partial charge in [0.15, 0.2) is 0 Å². The van der Waals surface area contributed by atoms with E-state index in [-0.39, 0.29) is 12.1 Å². The summed E-state index contributed by atoms with van der Waals surface area (Å²) < 4.78 is 19.2. The number of hydrogen-bond donors (Lipinski definition) is 3. The number of hydrogen-bond acceptors (Lipinski definition) is 3. The minimum absolute atomic E-state index is 0.0485. The molecular weight excluding hydrogens is 373 g/mol. The first-order valence-electron chi connectivity index (χ1n) is 9.33. The zero-order valence-corrected chi connectivity index (χ0v) is 16.6. The Kier molecular flexibility index (Phi) is 5.87. The molecule has 152 valence electrons. The minimum atomic E-state index is -0.955. The Morgan fingerprint density at radius 2 is 1.79 bits per heavy atom. The zero-order chi connectivity index (χ0) is 21.0. The molecule has 1 unspecified atom stereocenters. The number of nitrogens with one attached hydrogen (secondary N) is 3. The maximum absolute atomic E-state index is 14.0. The highest BCUT2D eigenvalue weighted by atomic mass is 19.1. The standard InChI is InChI=1S/C22H24FN3O3/c1-22(2,3)29-21(28)26-19(20(27)25-18-11-7-5-9-16(18)23)12-14-13-24-17-10-6-4-8-15(14)17/h4-11,13,19,24H,12H2,1-3H3,(H,25,27)(H,26,28). The van der Waals surface area contributed by atoms with Crippen LogP contribution in [0.1, 0.15) is 26.3 Å². The van der Waals surface area contributed by atoms with E-state index in [4.69, 9.17) is 4.74 Å². The molecule has 6 nitrogen and oxygen atoms in total. The number of aromatic amines is 1. The van der Waals surface area contributed by atoms with Gasteiger partial charge in [-0.05, 0) is 44.5 Å². The summed E-state index contributed by atoms with van der Waals surface area (Å²) in [6, 6.07) is 12.6. The molecule has 3 rings (SSSR count). The number of rotatable bonds is 5. The molecule has 2 aromatic carbocycles. The summed E-state index contributed by atoms with van der Waals surface area (Å²) in [5.41, 5.74) is 1.11. The quantitative estimate of drug-likeness (QED) is 0.597. The maximum atomic E-state index is 14.0. The third-order valence-corrected chi connectivity index (χ3v) is 4.24. The predicted molar refractivity (Wildman–Crippen MR) is 110 cm³/mol. The van der Waals surface area contributed by atoms with Gasteiger partial charge in [-0.2, -0.15) is 0 Å². The highest BCUT2D eigenvalue weighted by molar-refractivity contribution is 5.97. The van der Waals surface area contributed by atoms with Crippen molar-refractivity contribution in [1.29, 1.82) is 0 Å². The van der Waals surface area contributed by atoms with Gasteiger partial charge in [0.1, 0.15) is 17.5 Å². The average molecular weight is 397 g/mol. The zero-order valence-electron chi connectivity index (χ0n) is 16.6. The molecule has 3 aromatic rings. The molecule has 1 aromatic heterocycles. The second kappa shape index (κ2) is 8.34. The van der Waals surface area contributed by atoms with Crippen LogP contribution in [0.25, 0.3) is 10.9 Å². The van der Waals surface area contributed by atoms with Crippen molar-refractivity contribution in [3.8, 4) is 0 Å². The molecule has 0 aliphatic carbocycles. The number of benzene rings is 2. The van der Waals surface area contributed by atoms with Gasteiger partial charge < -0.3 is 20.4 Å². The van der Waals surface area contributed by atoms with Crippen LogP contribution in [0.2, 0.25) is 0 Å². The first kappa shape index (κ1) is 20.4. The Labute approximate surface area is 168 Å². The van der Waals surface area contributed by atoms with Crippen LogP contribution in [0, 0.1) is 5.82 Å². The number of ether oxygens (including phenoxy) is 1. The van der Waals surface area contributed by atoms with Crippen LogP contribution in [0.3, 0.4) is 0 Å². The third kappa shape index (κ3) is 5.34. The number of halogens is 1. The Bertz CT molecular complexity index is 1020. The lowest BCUT2D eigenvalue weighted by atomic mass is 10.0. The fourth-order valence-corrected chi connectivity index (χ4v) is 2.96. The molecular formula is C22H24FN3O3. The number of H-pyrrole nitrogens is 1. The number of carbonyl (C=O) groups is 2. The molecule has 3 N–H and O–H groups in total. The van der Waals surface area contributed by atoms with E-state index in [2.05, 4.69) is 15.6 Å². The summed E-state index contributed by atoms with van der Waals surface area (Å²) in [7, 11) is 0. The van der Waals surface area contributed by atoms with Crippen LogP contribution in [0.15, 0.2) is 54.7 Å². The smallest absolute Gasteiger partial charge is 0.408 e. The topological polar surface area (TPSA) is 83.2 Å². The van der Waals surface area contributed by atoms with Crippen LogP contribution in [-0.4, -0.2) is 28.6 Å². The van der Waals surface area contributed by atoms with Crippen molar-refractivity contribution in [3.05, 3.63) is 66.1 Å². The predicted octanol–water partition coefficient (Wildman–Crippen LogP) is 4.38. The van der Waals surface area contributed by atoms with E-state index in [0.717, 1.165) is 16.5 Å².